The van der Waals surface area contributed by atoms with E-state index in [9.17, 15) is 22.0 Å². The molecular weight excluding hydrogens is 280 g/mol. The van der Waals surface area contributed by atoms with Gasteiger partial charge in [0, 0.05) is 19.4 Å². The molecule has 5 nitrogen and oxygen atoms in total. The standard InChI is InChI=1S/C11H19F2NO4S/c1-8(10(15)16)14(2)19(17,18)7-9-5-3-4-6-11(9,12)13/h8-9H,3-7H2,1-2H3,(H,15,16). The lowest BCUT2D eigenvalue weighted by Gasteiger charge is -2.32. The van der Waals surface area contributed by atoms with Crippen LogP contribution in [0.3, 0.4) is 0 Å². The van der Waals surface area contributed by atoms with Crippen molar-refractivity contribution >= 4 is 16.0 Å². The molecule has 0 saturated heterocycles. The second kappa shape index (κ2) is 5.70. The summed E-state index contributed by atoms with van der Waals surface area (Å²) >= 11 is 0. The highest BCUT2D eigenvalue weighted by atomic mass is 32.2. The zero-order chi connectivity index (χ0) is 14.8. The molecule has 8 heteroatoms. The summed E-state index contributed by atoms with van der Waals surface area (Å²) < 4.78 is 51.8. The predicted molar refractivity (Wildman–Crippen MR) is 65.6 cm³/mol. The number of carboxylic acids is 1. The molecule has 112 valence electrons. The molecule has 0 amide bonds. The van der Waals surface area contributed by atoms with E-state index in [0.29, 0.717) is 17.1 Å². The summed E-state index contributed by atoms with van der Waals surface area (Å²) in [6.07, 6.45) is 0.825. The summed E-state index contributed by atoms with van der Waals surface area (Å²) in [5.74, 6) is -6.22. The van der Waals surface area contributed by atoms with Crippen molar-refractivity contribution in [2.24, 2.45) is 5.92 Å². The van der Waals surface area contributed by atoms with Gasteiger partial charge in [-0.15, -0.1) is 0 Å². The van der Waals surface area contributed by atoms with E-state index in [0.717, 1.165) is 7.05 Å². The Morgan fingerprint density at radius 3 is 2.53 bits per heavy atom. The molecule has 1 aliphatic rings. The Bertz CT molecular complexity index is 438. The van der Waals surface area contributed by atoms with Crippen LogP contribution in [0.15, 0.2) is 0 Å². The molecule has 0 bridgehead atoms. The van der Waals surface area contributed by atoms with Crippen LogP contribution in [0.25, 0.3) is 0 Å². The van der Waals surface area contributed by atoms with Crippen LogP contribution in [0.5, 0.6) is 0 Å². The second-order valence-corrected chi connectivity index (χ2v) is 7.09. The molecule has 2 atom stereocenters. The maximum atomic E-state index is 13.6. The Hall–Kier alpha value is -0.760. The molecule has 1 aliphatic carbocycles. The highest BCUT2D eigenvalue weighted by Gasteiger charge is 2.44. The van der Waals surface area contributed by atoms with Crippen molar-refractivity contribution in [3.63, 3.8) is 0 Å². The number of alkyl halides is 2. The molecular formula is C11H19F2NO4S. The second-order valence-electron chi connectivity index (χ2n) is 5.01. The Morgan fingerprint density at radius 2 is 2.05 bits per heavy atom. The van der Waals surface area contributed by atoms with Crippen molar-refractivity contribution in [2.75, 3.05) is 12.8 Å². The van der Waals surface area contributed by atoms with E-state index in [1.165, 1.54) is 6.92 Å². The molecule has 0 radical (unpaired) electrons. The van der Waals surface area contributed by atoms with Crippen LogP contribution in [0.2, 0.25) is 0 Å². The number of carbonyl (C=O) groups is 1. The molecule has 0 spiro atoms. The Kier molecular flexibility index (Phi) is 4.89. The van der Waals surface area contributed by atoms with Crippen molar-refractivity contribution in [1.82, 2.24) is 4.31 Å². The normalized spacial score (nSPS) is 25.2. The Balaban J connectivity index is 2.81. The zero-order valence-corrected chi connectivity index (χ0v) is 11.8. The van der Waals surface area contributed by atoms with Gasteiger partial charge in [-0.05, 0) is 19.8 Å². The van der Waals surface area contributed by atoms with Gasteiger partial charge in [0.25, 0.3) is 5.92 Å². The number of aliphatic carboxylic acids is 1. The van der Waals surface area contributed by atoms with Crippen LogP contribution in [-0.4, -0.2) is 48.6 Å². The van der Waals surface area contributed by atoms with Gasteiger partial charge in [0.05, 0.1) is 5.75 Å². The van der Waals surface area contributed by atoms with Gasteiger partial charge in [0.1, 0.15) is 6.04 Å². The number of rotatable bonds is 5. The van der Waals surface area contributed by atoms with Crippen molar-refractivity contribution in [2.45, 2.75) is 44.6 Å². The van der Waals surface area contributed by atoms with Gasteiger partial charge in [-0.1, -0.05) is 6.42 Å². The smallest absolute Gasteiger partial charge is 0.321 e. The summed E-state index contributed by atoms with van der Waals surface area (Å²) in [5, 5.41) is 8.77. The highest BCUT2D eigenvalue weighted by molar-refractivity contribution is 7.89. The summed E-state index contributed by atoms with van der Waals surface area (Å²) in [6.45, 7) is 1.21. The first-order valence-electron chi connectivity index (χ1n) is 6.14. The first-order valence-corrected chi connectivity index (χ1v) is 7.75. The monoisotopic (exact) mass is 299 g/mol. The quantitative estimate of drug-likeness (QED) is 0.835. The van der Waals surface area contributed by atoms with E-state index in [4.69, 9.17) is 5.11 Å². The minimum Gasteiger partial charge on any atom is -0.480 e. The van der Waals surface area contributed by atoms with Crippen LogP contribution in [0, 0.1) is 5.92 Å². The summed E-state index contributed by atoms with van der Waals surface area (Å²) in [4.78, 5) is 10.8. The molecule has 0 aromatic heterocycles. The minimum absolute atomic E-state index is 0.154. The number of halogens is 2. The molecule has 2 unspecified atom stereocenters. The number of nitrogens with zero attached hydrogens (tertiary/aromatic N) is 1. The zero-order valence-electron chi connectivity index (χ0n) is 11.0. The van der Waals surface area contributed by atoms with Crippen molar-refractivity contribution < 1.29 is 27.1 Å². The third-order valence-electron chi connectivity index (χ3n) is 3.66. The van der Waals surface area contributed by atoms with Crippen LogP contribution >= 0.6 is 0 Å². The van der Waals surface area contributed by atoms with Crippen molar-refractivity contribution in [1.29, 1.82) is 0 Å². The van der Waals surface area contributed by atoms with Crippen LogP contribution < -0.4 is 0 Å². The summed E-state index contributed by atoms with van der Waals surface area (Å²) in [7, 11) is -2.90. The third-order valence-corrected chi connectivity index (χ3v) is 5.68. The molecule has 1 rings (SSSR count). The Morgan fingerprint density at radius 1 is 1.47 bits per heavy atom. The molecule has 0 aromatic carbocycles. The minimum atomic E-state index is -4.00. The van der Waals surface area contributed by atoms with E-state index in [1.807, 2.05) is 0 Å². The number of hydrogen-bond acceptors (Lipinski definition) is 3. The van der Waals surface area contributed by atoms with Crippen LogP contribution in [0.1, 0.15) is 32.6 Å². The third kappa shape index (κ3) is 3.85. The summed E-state index contributed by atoms with van der Waals surface area (Å²) in [5.41, 5.74) is 0. The number of carboxylic acid groups (broad SMARTS) is 1. The molecule has 19 heavy (non-hydrogen) atoms. The molecule has 1 fully saturated rings. The van der Waals surface area contributed by atoms with Gasteiger partial charge >= 0.3 is 5.97 Å². The number of sulfonamides is 1. The summed E-state index contributed by atoms with van der Waals surface area (Å²) in [6, 6.07) is -1.26. The average Bonchev–Trinajstić information content (AvgIpc) is 2.29. The Labute approximate surface area is 111 Å². The maximum Gasteiger partial charge on any atom is 0.321 e. The topological polar surface area (TPSA) is 74.7 Å². The van der Waals surface area contributed by atoms with Gasteiger partial charge in [0.15, 0.2) is 0 Å². The lowest BCUT2D eigenvalue weighted by Crippen LogP contribution is -2.45. The van der Waals surface area contributed by atoms with Crippen LogP contribution in [-0.2, 0) is 14.8 Å². The average molecular weight is 299 g/mol. The van der Waals surface area contributed by atoms with Crippen molar-refractivity contribution in [3.8, 4) is 0 Å². The predicted octanol–water partition coefficient (Wildman–Crippen LogP) is 1.55. The largest absolute Gasteiger partial charge is 0.480 e. The lowest BCUT2D eigenvalue weighted by atomic mass is 9.87. The molecule has 1 N–H and O–H groups in total. The molecule has 0 aromatic rings. The number of likely N-dealkylation sites (N-methyl/N-ethyl adjacent to an activating group) is 1. The van der Waals surface area contributed by atoms with Gasteiger partial charge in [-0.2, -0.15) is 4.31 Å². The first-order chi connectivity index (χ1) is 8.58. The van der Waals surface area contributed by atoms with Crippen molar-refractivity contribution in [3.05, 3.63) is 0 Å². The van der Waals surface area contributed by atoms with E-state index >= 15 is 0 Å². The lowest BCUT2D eigenvalue weighted by molar-refractivity contribution is -0.140. The highest BCUT2D eigenvalue weighted by Crippen LogP contribution is 2.39. The molecule has 0 aliphatic heterocycles. The maximum absolute atomic E-state index is 13.6. The van der Waals surface area contributed by atoms with E-state index < -0.39 is 39.6 Å². The first kappa shape index (κ1) is 16.3. The van der Waals surface area contributed by atoms with E-state index in [-0.39, 0.29) is 12.8 Å². The van der Waals surface area contributed by atoms with E-state index in [2.05, 4.69) is 0 Å². The molecule has 0 heterocycles. The molecule has 1 saturated carbocycles. The van der Waals surface area contributed by atoms with Gasteiger partial charge in [-0.25, -0.2) is 17.2 Å². The van der Waals surface area contributed by atoms with Gasteiger partial charge in [-0.3, -0.25) is 4.79 Å². The van der Waals surface area contributed by atoms with Crippen LogP contribution in [0.4, 0.5) is 8.78 Å². The fraction of sp³-hybridized carbons (Fsp3) is 0.909. The number of hydrogen-bond donors (Lipinski definition) is 1. The SMILES string of the molecule is CC(C(=O)O)N(C)S(=O)(=O)CC1CCCCC1(F)F. The van der Waals surface area contributed by atoms with Gasteiger partial charge < -0.3 is 5.11 Å². The fourth-order valence-electron chi connectivity index (χ4n) is 2.14. The fourth-order valence-corrected chi connectivity index (χ4v) is 3.87. The van der Waals surface area contributed by atoms with E-state index in [1.54, 1.807) is 0 Å². The van der Waals surface area contributed by atoms with Gasteiger partial charge in [0.2, 0.25) is 10.0 Å².